The highest BCUT2D eigenvalue weighted by Crippen LogP contribution is 2.40. The molecule has 0 bridgehead atoms. The van der Waals surface area contributed by atoms with E-state index in [0.29, 0.717) is 23.9 Å². The molecule has 1 saturated heterocycles. The molecule has 2 fully saturated rings. The molecule has 1 aliphatic heterocycles. The summed E-state index contributed by atoms with van der Waals surface area (Å²) in [6, 6.07) is 6.21. The number of carbonyl (C=O) groups is 1. The minimum Gasteiger partial charge on any atom is -0.462 e. The quantitative estimate of drug-likeness (QED) is 0.685. The molecule has 0 aromatic heterocycles. The number of anilines is 2. The molecule has 0 spiro atoms. The van der Waals surface area contributed by atoms with E-state index in [1.54, 1.807) is 6.07 Å². The largest absolute Gasteiger partial charge is 0.462 e. The van der Waals surface area contributed by atoms with Gasteiger partial charge in [0.2, 0.25) is 0 Å². The van der Waals surface area contributed by atoms with Crippen molar-refractivity contribution < 1.29 is 9.53 Å². The Kier molecular flexibility index (Phi) is 4.04. The van der Waals surface area contributed by atoms with Crippen LogP contribution in [0.4, 0.5) is 11.4 Å². The Morgan fingerprint density at radius 2 is 2.14 bits per heavy atom. The van der Waals surface area contributed by atoms with Crippen molar-refractivity contribution in [3.8, 4) is 0 Å². The van der Waals surface area contributed by atoms with Gasteiger partial charge in [-0.1, -0.05) is 6.42 Å². The predicted molar refractivity (Wildman–Crippen MR) is 84.5 cm³/mol. The lowest BCUT2D eigenvalue weighted by Crippen LogP contribution is -2.43. The van der Waals surface area contributed by atoms with E-state index in [-0.39, 0.29) is 5.97 Å². The molecule has 1 saturated carbocycles. The van der Waals surface area contributed by atoms with Gasteiger partial charge in [-0.15, -0.1) is 0 Å². The Morgan fingerprint density at radius 1 is 1.33 bits per heavy atom. The molecule has 2 unspecified atom stereocenters. The van der Waals surface area contributed by atoms with Crippen molar-refractivity contribution in [2.45, 2.75) is 45.1 Å². The molecular formula is C17H24N2O2. The summed E-state index contributed by atoms with van der Waals surface area (Å²) in [6.07, 6.45) is 6.39. The molecule has 1 aromatic carbocycles. The van der Waals surface area contributed by atoms with Gasteiger partial charge in [0.25, 0.3) is 0 Å². The zero-order valence-corrected chi connectivity index (χ0v) is 12.7. The molecule has 3 rings (SSSR count). The zero-order valence-electron chi connectivity index (χ0n) is 12.7. The molecule has 1 aromatic rings. The molecule has 2 atom stereocenters. The van der Waals surface area contributed by atoms with Gasteiger partial charge in [0, 0.05) is 18.3 Å². The van der Waals surface area contributed by atoms with Crippen molar-refractivity contribution in [1.82, 2.24) is 0 Å². The second-order valence-corrected chi connectivity index (χ2v) is 6.09. The van der Waals surface area contributed by atoms with Gasteiger partial charge in [-0.2, -0.15) is 0 Å². The third-order valence-corrected chi connectivity index (χ3v) is 4.82. The lowest BCUT2D eigenvalue weighted by Gasteiger charge is -2.40. The van der Waals surface area contributed by atoms with Crippen LogP contribution in [0.25, 0.3) is 0 Å². The van der Waals surface area contributed by atoms with E-state index in [0.717, 1.165) is 18.2 Å². The maximum Gasteiger partial charge on any atom is 0.340 e. The minimum absolute atomic E-state index is 0.264. The zero-order chi connectivity index (χ0) is 14.8. The van der Waals surface area contributed by atoms with Crippen LogP contribution >= 0.6 is 0 Å². The van der Waals surface area contributed by atoms with Crippen molar-refractivity contribution in [1.29, 1.82) is 0 Å². The van der Waals surface area contributed by atoms with Gasteiger partial charge in [0.05, 0.1) is 17.9 Å². The summed E-state index contributed by atoms with van der Waals surface area (Å²) in [6.45, 7) is 3.24. The van der Waals surface area contributed by atoms with Gasteiger partial charge in [0.15, 0.2) is 0 Å². The first-order valence-electron chi connectivity index (χ1n) is 8.04. The number of nitrogen functional groups attached to an aromatic ring is 1. The number of hydrogen-bond donors (Lipinski definition) is 1. The van der Waals surface area contributed by atoms with E-state index in [1.807, 2.05) is 19.1 Å². The summed E-state index contributed by atoms with van der Waals surface area (Å²) >= 11 is 0. The van der Waals surface area contributed by atoms with Gasteiger partial charge >= 0.3 is 5.97 Å². The molecule has 1 heterocycles. The van der Waals surface area contributed by atoms with Gasteiger partial charge in [-0.25, -0.2) is 4.79 Å². The highest BCUT2D eigenvalue weighted by atomic mass is 16.5. The number of carbonyl (C=O) groups excluding carboxylic acids is 1. The number of ether oxygens (including phenoxy) is 1. The number of hydrogen-bond acceptors (Lipinski definition) is 4. The van der Waals surface area contributed by atoms with Crippen LogP contribution in [0.3, 0.4) is 0 Å². The van der Waals surface area contributed by atoms with Crippen LogP contribution in [-0.4, -0.2) is 25.2 Å². The van der Waals surface area contributed by atoms with Crippen LogP contribution in [0.5, 0.6) is 0 Å². The van der Waals surface area contributed by atoms with E-state index in [9.17, 15) is 4.79 Å². The number of nitrogens with two attached hydrogens (primary N) is 1. The molecule has 1 aliphatic carbocycles. The first kappa shape index (κ1) is 14.2. The molecule has 4 heteroatoms. The second-order valence-electron chi connectivity index (χ2n) is 6.09. The first-order chi connectivity index (χ1) is 10.2. The normalized spacial score (nSPS) is 24.7. The fraction of sp³-hybridized carbons (Fsp3) is 0.588. The van der Waals surface area contributed by atoms with Gasteiger partial charge < -0.3 is 15.4 Å². The summed E-state index contributed by atoms with van der Waals surface area (Å²) in [5.74, 6) is 0.520. The minimum atomic E-state index is -0.264. The molecule has 2 N–H and O–H groups in total. The van der Waals surface area contributed by atoms with Crippen LogP contribution in [-0.2, 0) is 4.74 Å². The van der Waals surface area contributed by atoms with Gasteiger partial charge in [-0.05, 0) is 56.7 Å². The Balaban J connectivity index is 1.95. The summed E-state index contributed by atoms with van der Waals surface area (Å²) in [7, 11) is 0. The fourth-order valence-corrected chi connectivity index (χ4v) is 3.93. The number of rotatable bonds is 3. The Hall–Kier alpha value is -1.71. The van der Waals surface area contributed by atoms with Crippen LogP contribution < -0.4 is 10.6 Å². The van der Waals surface area contributed by atoms with Crippen LogP contribution in [0, 0.1) is 5.92 Å². The maximum absolute atomic E-state index is 12.2. The van der Waals surface area contributed by atoms with Crippen LogP contribution in [0.1, 0.15) is 49.4 Å². The van der Waals surface area contributed by atoms with E-state index in [1.165, 1.54) is 32.1 Å². The number of nitrogens with zero attached hydrogens (tertiary/aromatic N) is 1. The Morgan fingerprint density at radius 3 is 2.95 bits per heavy atom. The monoisotopic (exact) mass is 288 g/mol. The summed E-state index contributed by atoms with van der Waals surface area (Å²) in [4.78, 5) is 14.7. The van der Waals surface area contributed by atoms with E-state index in [2.05, 4.69) is 4.90 Å². The SMILES string of the molecule is CCOC(=O)c1cc(N)ccc1N1CCCC2CCCC21. The average molecular weight is 288 g/mol. The van der Waals surface area contributed by atoms with Crippen molar-refractivity contribution >= 4 is 17.3 Å². The van der Waals surface area contributed by atoms with Gasteiger partial charge in [0.1, 0.15) is 0 Å². The Bertz CT molecular complexity index is 530. The highest BCUT2D eigenvalue weighted by Gasteiger charge is 2.36. The molecule has 114 valence electrons. The lowest BCUT2D eigenvalue weighted by atomic mass is 9.91. The predicted octanol–water partition coefficient (Wildman–Crippen LogP) is 3.21. The highest BCUT2D eigenvalue weighted by molar-refractivity contribution is 5.97. The summed E-state index contributed by atoms with van der Waals surface area (Å²) < 4.78 is 5.20. The summed E-state index contributed by atoms with van der Waals surface area (Å²) in [5, 5.41) is 0. The number of esters is 1. The maximum atomic E-state index is 12.2. The third kappa shape index (κ3) is 2.71. The Labute approximate surface area is 126 Å². The average Bonchev–Trinajstić information content (AvgIpc) is 2.96. The number of piperidine rings is 1. The molecular weight excluding hydrogens is 264 g/mol. The van der Waals surface area contributed by atoms with E-state index in [4.69, 9.17) is 10.5 Å². The fourth-order valence-electron chi connectivity index (χ4n) is 3.93. The smallest absolute Gasteiger partial charge is 0.340 e. The topological polar surface area (TPSA) is 55.6 Å². The third-order valence-electron chi connectivity index (χ3n) is 4.82. The van der Waals surface area contributed by atoms with Gasteiger partial charge in [-0.3, -0.25) is 0 Å². The van der Waals surface area contributed by atoms with Crippen molar-refractivity contribution in [2.75, 3.05) is 23.8 Å². The van der Waals surface area contributed by atoms with E-state index >= 15 is 0 Å². The van der Waals surface area contributed by atoms with Crippen molar-refractivity contribution in [3.05, 3.63) is 23.8 Å². The first-order valence-corrected chi connectivity index (χ1v) is 8.04. The van der Waals surface area contributed by atoms with Crippen molar-refractivity contribution in [3.63, 3.8) is 0 Å². The second kappa shape index (κ2) is 5.96. The van der Waals surface area contributed by atoms with Crippen molar-refractivity contribution in [2.24, 2.45) is 5.92 Å². The number of benzene rings is 1. The molecule has 0 amide bonds. The molecule has 2 aliphatic rings. The van der Waals surface area contributed by atoms with Crippen LogP contribution in [0.15, 0.2) is 18.2 Å². The summed E-state index contributed by atoms with van der Waals surface area (Å²) in [5.41, 5.74) is 8.10. The molecule has 21 heavy (non-hydrogen) atoms. The van der Waals surface area contributed by atoms with Crippen LogP contribution in [0.2, 0.25) is 0 Å². The van der Waals surface area contributed by atoms with E-state index < -0.39 is 0 Å². The number of fused-ring (bicyclic) bond motifs is 1. The molecule has 0 radical (unpaired) electrons. The molecule has 4 nitrogen and oxygen atoms in total. The lowest BCUT2D eigenvalue weighted by molar-refractivity contribution is 0.0527. The standard InChI is InChI=1S/C17H24N2O2/c1-2-21-17(20)14-11-13(18)8-9-16(14)19-10-4-6-12-5-3-7-15(12)19/h8-9,11-12,15H,2-7,10,18H2,1H3.